The molecule has 1 saturated heterocycles. The molecule has 1 aromatic heterocycles. The number of aryl methyl sites for hydroxylation is 1. The van der Waals surface area contributed by atoms with E-state index in [0.717, 1.165) is 35.6 Å². The molecule has 3 heteroatoms. The molecule has 1 aromatic carbocycles. The van der Waals surface area contributed by atoms with Crippen LogP contribution in [0.25, 0.3) is 10.9 Å². The van der Waals surface area contributed by atoms with E-state index in [-0.39, 0.29) is 0 Å². The molecule has 0 saturated carbocycles. The molecular formula is C14H17N3. The van der Waals surface area contributed by atoms with Gasteiger partial charge in [-0.1, -0.05) is 18.2 Å². The van der Waals surface area contributed by atoms with Gasteiger partial charge in [0.25, 0.3) is 0 Å². The van der Waals surface area contributed by atoms with E-state index in [1.165, 1.54) is 19.3 Å². The van der Waals surface area contributed by atoms with Crippen LogP contribution in [0.1, 0.15) is 25.0 Å². The number of piperidine rings is 1. The van der Waals surface area contributed by atoms with Crippen LogP contribution in [-0.2, 0) is 0 Å². The molecule has 0 atom stereocenters. The lowest BCUT2D eigenvalue weighted by atomic mass is 10.1. The van der Waals surface area contributed by atoms with Crippen LogP contribution in [0.5, 0.6) is 0 Å². The van der Waals surface area contributed by atoms with Gasteiger partial charge >= 0.3 is 0 Å². The molecule has 3 nitrogen and oxygen atoms in total. The molecule has 1 aliphatic rings. The first-order chi connectivity index (χ1) is 8.34. The highest BCUT2D eigenvalue weighted by molar-refractivity contribution is 5.81. The Balaban J connectivity index is 2.05. The third-order valence-electron chi connectivity index (χ3n) is 3.42. The lowest BCUT2D eigenvalue weighted by Crippen LogP contribution is -2.31. The summed E-state index contributed by atoms with van der Waals surface area (Å²) in [4.78, 5) is 11.6. The summed E-state index contributed by atoms with van der Waals surface area (Å²) in [5, 5.41) is 1.16. The van der Waals surface area contributed by atoms with Crippen LogP contribution in [0, 0.1) is 6.92 Å². The summed E-state index contributed by atoms with van der Waals surface area (Å²) in [6, 6.07) is 8.23. The van der Waals surface area contributed by atoms with Crippen LogP contribution >= 0.6 is 0 Å². The van der Waals surface area contributed by atoms with E-state index in [0.29, 0.717) is 0 Å². The van der Waals surface area contributed by atoms with Gasteiger partial charge in [0.2, 0.25) is 5.95 Å². The van der Waals surface area contributed by atoms with Gasteiger partial charge in [0, 0.05) is 18.5 Å². The summed E-state index contributed by atoms with van der Waals surface area (Å²) in [5.74, 6) is 0.904. The molecule has 0 amide bonds. The van der Waals surface area contributed by atoms with Crippen molar-refractivity contribution >= 4 is 16.9 Å². The smallest absolute Gasteiger partial charge is 0.226 e. The van der Waals surface area contributed by atoms with Crippen molar-refractivity contribution in [2.24, 2.45) is 0 Å². The van der Waals surface area contributed by atoms with Crippen molar-refractivity contribution in [1.82, 2.24) is 9.97 Å². The van der Waals surface area contributed by atoms with Gasteiger partial charge in [0.1, 0.15) is 0 Å². The summed E-state index contributed by atoms with van der Waals surface area (Å²) < 4.78 is 0. The van der Waals surface area contributed by atoms with E-state index in [1.807, 2.05) is 12.1 Å². The predicted octanol–water partition coefficient (Wildman–Crippen LogP) is 2.93. The molecule has 0 bridgehead atoms. The molecular weight excluding hydrogens is 210 g/mol. The summed E-state index contributed by atoms with van der Waals surface area (Å²) >= 11 is 0. The zero-order valence-electron chi connectivity index (χ0n) is 10.2. The minimum Gasteiger partial charge on any atom is -0.341 e. The molecule has 3 rings (SSSR count). The summed E-state index contributed by atoms with van der Waals surface area (Å²) in [7, 11) is 0. The Morgan fingerprint density at radius 3 is 2.59 bits per heavy atom. The fourth-order valence-electron chi connectivity index (χ4n) is 2.46. The highest BCUT2D eigenvalue weighted by Crippen LogP contribution is 2.21. The fourth-order valence-corrected chi connectivity index (χ4v) is 2.46. The molecule has 0 N–H and O–H groups in total. The number of benzene rings is 1. The van der Waals surface area contributed by atoms with Crippen LogP contribution in [-0.4, -0.2) is 23.1 Å². The van der Waals surface area contributed by atoms with Gasteiger partial charge in [-0.25, -0.2) is 9.97 Å². The summed E-state index contributed by atoms with van der Waals surface area (Å²) in [5.41, 5.74) is 2.14. The van der Waals surface area contributed by atoms with Gasteiger partial charge < -0.3 is 4.90 Å². The van der Waals surface area contributed by atoms with Crippen LogP contribution in [0.2, 0.25) is 0 Å². The summed E-state index contributed by atoms with van der Waals surface area (Å²) in [6.45, 7) is 4.26. The Hall–Kier alpha value is -1.64. The van der Waals surface area contributed by atoms with Crippen molar-refractivity contribution in [2.75, 3.05) is 18.0 Å². The van der Waals surface area contributed by atoms with Crippen molar-refractivity contribution in [3.63, 3.8) is 0 Å². The van der Waals surface area contributed by atoms with Crippen LogP contribution in [0.3, 0.4) is 0 Å². The number of hydrogen-bond donors (Lipinski definition) is 0. The van der Waals surface area contributed by atoms with E-state index in [9.17, 15) is 0 Å². The van der Waals surface area contributed by atoms with E-state index in [1.54, 1.807) is 0 Å². The van der Waals surface area contributed by atoms with Crippen LogP contribution < -0.4 is 4.90 Å². The quantitative estimate of drug-likeness (QED) is 0.750. The lowest BCUT2D eigenvalue weighted by molar-refractivity contribution is 0.568. The molecule has 0 unspecified atom stereocenters. The third-order valence-corrected chi connectivity index (χ3v) is 3.42. The number of hydrogen-bond acceptors (Lipinski definition) is 3. The van der Waals surface area contributed by atoms with Gasteiger partial charge in [-0.05, 0) is 32.3 Å². The van der Waals surface area contributed by atoms with Crippen molar-refractivity contribution in [2.45, 2.75) is 26.2 Å². The molecule has 2 aromatic rings. The second-order valence-corrected chi connectivity index (χ2v) is 4.67. The maximum atomic E-state index is 4.67. The first kappa shape index (κ1) is 10.5. The topological polar surface area (TPSA) is 29.0 Å². The van der Waals surface area contributed by atoms with E-state index in [4.69, 9.17) is 0 Å². The maximum Gasteiger partial charge on any atom is 0.226 e. The molecule has 88 valence electrons. The van der Waals surface area contributed by atoms with Crippen LogP contribution in [0.4, 0.5) is 5.95 Å². The van der Waals surface area contributed by atoms with E-state index >= 15 is 0 Å². The van der Waals surface area contributed by atoms with Gasteiger partial charge in [-0.2, -0.15) is 0 Å². The van der Waals surface area contributed by atoms with Crippen molar-refractivity contribution in [1.29, 1.82) is 0 Å². The number of aromatic nitrogens is 2. The van der Waals surface area contributed by atoms with Crippen molar-refractivity contribution in [3.8, 4) is 0 Å². The average Bonchev–Trinajstić information content (AvgIpc) is 2.40. The Bertz CT molecular complexity index is 530. The average molecular weight is 227 g/mol. The third kappa shape index (κ3) is 1.97. The molecule has 17 heavy (non-hydrogen) atoms. The second-order valence-electron chi connectivity index (χ2n) is 4.67. The van der Waals surface area contributed by atoms with Crippen LogP contribution in [0.15, 0.2) is 24.3 Å². The van der Waals surface area contributed by atoms with Crippen molar-refractivity contribution < 1.29 is 0 Å². The van der Waals surface area contributed by atoms with Gasteiger partial charge in [0.05, 0.1) is 11.2 Å². The minimum absolute atomic E-state index is 0.904. The van der Waals surface area contributed by atoms with Gasteiger partial charge in [0.15, 0.2) is 0 Å². The standard InChI is InChI=1S/C14H17N3/c1-11-12-7-3-4-8-13(12)16-14(15-11)17-9-5-2-6-10-17/h3-4,7-8H,2,5-6,9-10H2,1H3. The second kappa shape index (κ2) is 4.32. The molecule has 0 spiro atoms. The van der Waals surface area contributed by atoms with E-state index < -0.39 is 0 Å². The molecule has 2 heterocycles. The zero-order chi connectivity index (χ0) is 11.7. The zero-order valence-corrected chi connectivity index (χ0v) is 10.2. The molecule has 1 fully saturated rings. The normalized spacial score (nSPS) is 16.4. The number of anilines is 1. The van der Waals surface area contributed by atoms with Gasteiger partial charge in [-0.15, -0.1) is 0 Å². The lowest BCUT2D eigenvalue weighted by Gasteiger charge is -2.27. The first-order valence-corrected chi connectivity index (χ1v) is 6.33. The Morgan fingerprint density at radius 1 is 1.00 bits per heavy atom. The molecule has 1 aliphatic heterocycles. The number of rotatable bonds is 1. The minimum atomic E-state index is 0.904. The largest absolute Gasteiger partial charge is 0.341 e. The molecule has 0 radical (unpaired) electrons. The number of nitrogens with zero attached hydrogens (tertiary/aromatic N) is 3. The summed E-state index contributed by atoms with van der Waals surface area (Å²) in [6.07, 6.45) is 3.85. The Labute approximate surface area is 101 Å². The Kier molecular flexibility index (Phi) is 2.67. The number of para-hydroxylation sites is 1. The SMILES string of the molecule is Cc1nc(N2CCCCC2)nc2ccccc12. The first-order valence-electron chi connectivity index (χ1n) is 6.33. The fraction of sp³-hybridized carbons (Fsp3) is 0.429. The predicted molar refractivity (Wildman–Crippen MR) is 70.3 cm³/mol. The highest BCUT2D eigenvalue weighted by Gasteiger charge is 2.14. The molecule has 0 aliphatic carbocycles. The Morgan fingerprint density at radius 2 is 1.76 bits per heavy atom. The highest BCUT2D eigenvalue weighted by atomic mass is 15.2. The number of fused-ring (bicyclic) bond motifs is 1. The monoisotopic (exact) mass is 227 g/mol. The van der Waals surface area contributed by atoms with E-state index in [2.05, 4.69) is 33.9 Å². The maximum absolute atomic E-state index is 4.67. The van der Waals surface area contributed by atoms with Gasteiger partial charge in [-0.3, -0.25) is 0 Å². The van der Waals surface area contributed by atoms with Crippen molar-refractivity contribution in [3.05, 3.63) is 30.0 Å².